The lowest BCUT2D eigenvalue weighted by molar-refractivity contribution is 0.189. The van der Waals surface area contributed by atoms with Crippen molar-refractivity contribution in [1.29, 1.82) is 0 Å². The van der Waals surface area contributed by atoms with Crippen molar-refractivity contribution in [2.45, 2.75) is 65.0 Å². The molecule has 0 aliphatic heterocycles. The van der Waals surface area contributed by atoms with Crippen LogP contribution in [0.25, 0.3) is 0 Å². The first-order valence-electron chi connectivity index (χ1n) is 7.47. The highest BCUT2D eigenvalue weighted by molar-refractivity contribution is 4.97. The number of hydrogen-bond donors (Lipinski definition) is 2. The van der Waals surface area contributed by atoms with Crippen LogP contribution in [0.4, 0.5) is 0 Å². The van der Waals surface area contributed by atoms with Crippen molar-refractivity contribution < 1.29 is 0 Å². The van der Waals surface area contributed by atoms with Crippen molar-refractivity contribution in [3.05, 3.63) is 18.2 Å². The second-order valence-electron chi connectivity index (χ2n) is 5.90. The van der Waals surface area contributed by atoms with Crippen LogP contribution in [0, 0.1) is 11.8 Å². The molecule has 0 saturated heterocycles. The number of hydrogen-bond acceptors (Lipinski definition) is 2. The van der Waals surface area contributed by atoms with Gasteiger partial charge < -0.3 is 10.3 Å². The molecule has 1 aromatic rings. The lowest BCUT2D eigenvalue weighted by atomic mass is 9.77. The molecular formula is C15H27N3. The Hall–Kier alpha value is -0.830. The number of nitrogens with one attached hydrogen (secondary N) is 2. The molecule has 1 aromatic heterocycles. The second kappa shape index (κ2) is 6.37. The summed E-state index contributed by atoms with van der Waals surface area (Å²) in [5.41, 5.74) is 0. The molecule has 2 rings (SSSR count). The minimum absolute atomic E-state index is 0.379. The highest BCUT2D eigenvalue weighted by atomic mass is 15.0. The largest absolute Gasteiger partial charge is 0.347 e. The number of rotatable bonds is 5. The molecule has 0 aromatic carbocycles. The van der Waals surface area contributed by atoms with E-state index in [1.165, 1.54) is 25.7 Å². The van der Waals surface area contributed by atoms with E-state index in [-0.39, 0.29) is 0 Å². The standard InChI is InChI=1S/C15H27N3/c1-4-13(15-16-9-10-17-15)18-14-8-6-5-7-12(14)11(2)3/h9-14,18H,4-8H2,1-3H3,(H,16,17). The van der Waals surface area contributed by atoms with Crippen LogP contribution in [0.3, 0.4) is 0 Å². The van der Waals surface area contributed by atoms with Crippen molar-refractivity contribution in [2.24, 2.45) is 11.8 Å². The summed E-state index contributed by atoms with van der Waals surface area (Å²) in [4.78, 5) is 7.65. The van der Waals surface area contributed by atoms with E-state index in [0.717, 1.165) is 24.1 Å². The Bertz CT molecular complexity index is 332. The summed E-state index contributed by atoms with van der Waals surface area (Å²) in [6.07, 6.45) is 10.3. The lowest BCUT2D eigenvalue weighted by Crippen LogP contribution is -2.42. The zero-order chi connectivity index (χ0) is 13.0. The van der Waals surface area contributed by atoms with Crippen LogP contribution in [0.15, 0.2) is 12.4 Å². The fourth-order valence-corrected chi connectivity index (χ4v) is 3.28. The molecule has 0 radical (unpaired) electrons. The van der Waals surface area contributed by atoms with Crippen LogP contribution in [0.5, 0.6) is 0 Å². The third kappa shape index (κ3) is 3.14. The van der Waals surface area contributed by atoms with E-state index < -0.39 is 0 Å². The fourth-order valence-electron chi connectivity index (χ4n) is 3.28. The Morgan fingerprint density at radius 2 is 2.17 bits per heavy atom. The molecule has 1 aliphatic rings. The van der Waals surface area contributed by atoms with Gasteiger partial charge >= 0.3 is 0 Å². The van der Waals surface area contributed by atoms with E-state index >= 15 is 0 Å². The molecule has 102 valence electrons. The van der Waals surface area contributed by atoms with Crippen molar-refractivity contribution >= 4 is 0 Å². The maximum Gasteiger partial charge on any atom is 0.123 e. The number of H-pyrrole nitrogens is 1. The maximum atomic E-state index is 4.40. The van der Waals surface area contributed by atoms with Gasteiger partial charge in [0.15, 0.2) is 0 Å². The third-order valence-electron chi connectivity index (χ3n) is 4.35. The van der Waals surface area contributed by atoms with Crippen molar-refractivity contribution in [2.75, 3.05) is 0 Å². The average Bonchev–Trinajstić information content (AvgIpc) is 2.90. The van der Waals surface area contributed by atoms with Crippen molar-refractivity contribution in [1.82, 2.24) is 15.3 Å². The molecule has 3 unspecified atom stereocenters. The lowest BCUT2D eigenvalue weighted by Gasteiger charge is -2.37. The topological polar surface area (TPSA) is 40.7 Å². The quantitative estimate of drug-likeness (QED) is 0.836. The van der Waals surface area contributed by atoms with Gasteiger partial charge in [-0.2, -0.15) is 0 Å². The molecule has 1 heterocycles. The Morgan fingerprint density at radius 3 is 2.78 bits per heavy atom. The molecule has 3 atom stereocenters. The summed E-state index contributed by atoms with van der Waals surface area (Å²) in [6.45, 7) is 6.95. The highest BCUT2D eigenvalue weighted by Crippen LogP contribution is 2.31. The van der Waals surface area contributed by atoms with Gasteiger partial charge in [0.25, 0.3) is 0 Å². The number of aromatic amines is 1. The van der Waals surface area contributed by atoms with E-state index in [4.69, 9.17) is 0 Å². The summed E-state index contributed by atoms with van der Waals surface area (Å²) >= 11 is 0. The van der Waals surface area contributed by atoms with Crippen molar-refractivity contribution in [3.63, 3.8) is 0 Å². The van der Waals surface area contributed by atoms with Gasteiger partial charge in [-0.05, 0) is 31.1 Å². The summed E-state index contributed by atoms with van der Waals surface area (Å²) in [6, 6.07) is 1.04. The van der Waals surface area contributed by atoms with Crippen molar-refractivity contribution in [3.8, 4) is 0 Å². The van der Waals surface area contributed by atoms with Crippen LogP contribution >= 0.6 is 0 Å². The van der Waals surface area contributed by atoms with E-state index in [2.05, 4.69) is 36.1 Å². The predicted molar refractivity (Wildman–Crippen MR) is 75.3 cm³/mol. The number of nitrogens with zero attached hydrogens (tertiary/aromatic N) is 1. The zero-order valence-corrected chi connectivity index (χ0v) is 11.9. The van der Waals surface area contributed by atoms with E-state index in [9.17, 15) is 0 Å². The Morgan fingerprint density at radius 1 is 1.39 bits per heavy atom. The predicted octanol–water partition coefficient (Wildman–Crippen LogP) is 3.67. The van der Waals surface area contributed by atoms with Gasteiger partial charge in [0.2, 0.25) is 0 Å². The molecule has 2 N–H and O–H groups in total. The summed E-state index contributed by atoms with van der Waals surface area (Å²) in [7, 11) is 0. The van der Waals surface area contributed by atoms with Crippen LogP contribution in [-0.4, -0.2) is 16.0 Å². The molecule has 0 bridgehead atoms. The number of aromatic nitrogens is 2. The summed E-state index contributed by atoms with van der Waals surface area (Å²) in [5, 5.41) is 3.85. The molecule has 18 heavy (non-hydrogen) atoms. The Balaban J connectivity index is 2.01. The molecule has 1 saturated carbocycles. The zero-order valence-electron chi connectivity index (χ0n) is 11.9. The van der Waals surface area contributed by atoms with Gasteiger partial charge in [-0.15, -0.1) is 0 Å². The van der Waals surface area contributed by atoms with Gasteiger partial charge in [0, 0.05) is 18.4 Å². The van der Waals surface area contributed by atoms with Gasteiger partial charge in [-0.1, -0.05) is 33.6 Å². The molecule has 3 nitrogen and oxygen atoms in total. The molecule has 1 aliphatic carbocycles. The normalized spacial score (nSPS) is 26.4. The first-order chi connectivity index (χ1) is 8.72. The molecule has 0 spiro atoms. The van der Waals surface area contributed by atoms with Crippen LogP contribution < -0.4 is 5.32 Å². The fraction of sp³-hybridized carbons (Fsp3) is 0.800. The molecule has 0 amide bonds. The second-order valence-corrected chi connectivity index (χ2v) is 5.90. The Labute approximate surface area is 111 Å². The summed E-state index contributed by atoms with van der Waals surface area (Å²) < 4.78 is 0. The minimum atomic E-state index is 0.379. The van der Waals surface area contributed by atoms with Gasteiger partial charge in [0.1, 0.15) is 5.82 Å². The van der Waals surface area contributed by atoms with E-state index in [1.54, 1.807) is 0 Å². The van der Waals surface area contributed by atoms with Gasteiger partial charge in [0.05, 0.1) is 6.04 Å². The third-order valence-corrected chi connectivity index (χ3v) is 4.35. The smallest absolute Gasteiger partial charge is 0.123 e. The number of imidazole rings is 1. The highest BCUT2D eigenvalue weighted by Gasteiger charge is 2.29. The molecule has 3 heteroatoms. The van der Waals surface area contributed by atoms with Gasteiger partial charge in [-0.25, -0.2) is 4.98 Å². The average molecular weight is 249 g/mol. The molecular weight excluding hydrogens is 222 g/mol. The van der Waals surface area contributed by atoms with Gasteiger partial charge in [-0.3, -0.25) is 0 Å². The maximum absolute atomic E-state index is 4.40. The molecule has 1 fully saturated rings. The van der Waals surface area contributed by atoms with Crippen LogP contribution in [0.2, 0.25) is 0 Å². The van der Waals surface area contributed by atoms with E-state index in [0.29, 0.717) is 12.1 Å². The van der Waals surface area contributed by atoms with Crippen LogP contribution in [-0.2, 0) is 0 Å². The van der Waals surface area contributed by atoms with Crippen LogP contribution in [0.1, 0.15) is 64.7 Å². The summed E-state index contributed by atoms with van der Waals surface area (Å²) in [5.74, 6) is 2.69. The monoisotopic (exact) mass is 249 g/mol. The Kier molecular flexibility index (Phi) is 4.81. The SMILES string of the molecule is CCC(NC1CCCCC1C(C)C)c1ncc[nH]1. The minimum Gasteiger partial charge on any atom is -0.347 e. The van der Waals surface area contributed by atoms with E-state index in [1.807, 2.05) is 12.4 Å². The first kappa shape index (κ1) is 13.6. The first-order valence-corrected chi connectivity index (χ1v) is 7.47.